The maximum Gasteiger partial charge on any atom is 0.257 e. The van der Waals surface area contributed by atoms with Crippen LogP contribution in [0, 0.1) is 17.6 Å². The van der Waals surface area contributed by atoms with Crippen molar-refractivity contribution in [1.82, 2.24) is 14.5 Å². The number of carbonyl (C=O) groups excluding carboxylic acids is 1. The highest BCUT2D eigenvalue weighted by atomic mass is 32.2. The number of ether oxygens (including phenoxy) is 1. The molecule has 0 N–H and O–H groups in total. The van der Waals surface area contributed by atoms with E-state index in [4.69, 9.17) is 4.74 Å². The predicted molar refractivity (Wildman–Crippen MR) is 134 cm³/mol. The second kappa shape index (κ2) is 11.5. The molecule has 0 spiro atoms. The Morgan fingerprint density at radius 2 is 1.89 bits per heavy atom. The van der Waals surface area contributed by atoms with E-state index >= 15 is 0 Å². The summed E-state index contributed by atoms with van der Waals surface area (Å²) in [5.41, 5.74) is 0.904. The molecule has 1 saturated heterocycles. The van der Waals surface area contributed by atoms with E-state index in [2.05, 4.69) is 4.98 Å². The van der Waals surface area contributed by atoms with E-state index in [0.717, 1.165) is 12.8 Å². The van der Waals surface area contributed by atoms with Gasteiger partial charge in [-0.1, -0.05) is 38.1 Å². The van der Waals surface area contributed by atoms with Gasteiger partial charge in [0.15, 0.2) is 0 Å². The normalized spacial score (nSPS) is 15.9. The van der Waals surface area contributed by atoms with Crippen molar-refractivity contribution in [1.29, 1.82) is 0 Å². The Labute approximate surface area is 216 Å². The number of benzene rings is 2. The van der Waals surface area contributed by atoms with E-state index < -0.39 is 27.4 Å². The number of amides is 1. The number of hydrogen-bond donors (Lipinski definition) is 0. The first-order valence-electron chi connectivity index (χ1n) is 12.3. The topological polar surface area (TPSA) is 81.5 Å². The fraction of sp³-hybridized carbons (Fsp3) is 0.407. The van der Waals surface area contributed by atoms with Crippen LogP contribution >= 0.6 is 0 Å². The number of sulfone groups is 1. The summed E-state index contributed by atoms with van der Waals surface area (Å²) in [6.07, 6.45) is 2.92. The minimum absolute atomic E-state index is 0.0440. The second-order valence-corrected chi connectivity index (χ2v) is 11.6. The average molecular weight is 532 g/mol. The highest BCUT2D eigenvalue weighted by Crippen LogP contribution is 2.24. The van der Waals surface area contributed by atoms with Crippen molar-refractivity contribution in [3.05, 3.63) is 83.2 Å². The van der Waals surface area contributed by atoms with Crippen LogP contribution in [0.25, 0.3) is 0 Å². The molecule has 0 aliphatic carbocycles. The molecule has 0 bridgehead atoms. The molecule has 7 nitrogen and oxygen atoms in total. The lowest BCUT2D eigenvalue weighted by atomic mass is 10.1. The van der Waals surface area contributed by atoms with E-state index in [-0.39, 0.29) is 41.6 Å². The Balaban J connectivity index is 1.68. The molecule has 2 aromatic carbocycles. The molecule has 3 aromatic rings. The van der Waals surface area contributed by atoms with E-state index in [0.29, 0.717) is 24.4 Å². The maximum absolute atomic E-state index is 14.4. The van der Waals surface area contributed by atoms with Gasteiger partial charge < -0.3 is 14.2 Å². The molecule has 0 saturated carbocycles. The molecule has 2 heterocycles. The molecule has 1 fully saturated rings. The smallest absolute Gasteiger partial charge is 0.257 e. The molecular weight excluding hydrogens is 500 g/mol. The Bertz CT molecular complexity index is 1330. The number of halogens is 2. The lowest BCUT2D eigenvalue weighted by Gasteiger charge is -2.26. The van der Waals surface area contributed by atoms with E-state index in [1.165, 1.54) is 53.6 Å². The van der Waals surface area contributed by atoms with Gasteiger partial charge in [0.05, 0.1) is 42.4 Å². The van der Waals surface area contributed by atoms with Crippen molar-refractivity contribution in [2.75, 3.05) is 13.2 Å². The van der Waals surface area contributed by atoms with Crippen LogP contribution in [0.2, 0.25) is 0 Å². The first-order chi connectivity index (χ1) is 17.6. The van der Waals surface area contributed by atoms with Crippen LogP contribution in [0.5, 0.6) is 0 Å². The standard InChI is InChI=1S/C27H31F2N3O4S/c1-19(2)15-31(26(33)24-7-3-4-8-25(24)29)16-22-14-30-27(32(22)17-23-6-5-13-36-23)37(34,35)18-20-9-11-21(28)12-10-20/h3-4,7-12,14,19,23H,5-6,13,15-18H2,1-2H3/t23-/m1/s1. The summed E-state index contributed by atoms with van der Waals surface area (Å²) < 4.78 is 61.9. The minimum atomic E-state index is -3.91. The Kier molecular flexibility index (Phi) is 8.39. The third kappa shape index (κ3) is 6.61. The molecule has 1 atom stereocenters. The third-order valence-corrected chi connectivity index (χ3v) is 7.79. The van der Waals surface area contributed by atoms with E-state index in [9.17, 15) is 22.0 Å². The number of carbonyl (C=O) groups is 1. The van der Waals surface area contributed by atoms with Crippen LogP contribution in [0.15, 0.2) is 59.9 Å². The molecule has 0 radical (unpaired) electrons. The SMILES string of the molecule is CC(C)CN(Cc1cnc(S(=O)(=O)Cc2ccc(F)cc2)n1C[C@H]1CCCO1)C(=O)c1ccccc1F. The maximum atomic E-state index is 14.4. The monoisotopic (exact) mass is 531 g/mol. The van der Waals surface area contributed by atoms with Gasteiger partial charge in [0.1, 0.15) is 11.6 Å². The lowest BCUT2D eigenvalue weighted by molar-refractivity contribution is 0.0706. The number of aromatic nitrogens is 2. The van der Waals surface area contributed by atoms with Crippen LogP contribution in [0.4, 0.5) is 8.78 Å². The van der Waals surface area contributed by atoms with Crippen molar-refractivity contribution in [2.24, 2.45) is 5.92 Å². The van der Waals surface area contributed by atoms with Crippen molar-refractivity contribution in [3.8, 4) is 0 Å². The van der Waals surface area contributed by atoms with Gasteiger partial charge >= 0.3 is 0 Å². The molecule has 1 aliphatic heterocycles. The van der Waals surface area contributed by atoms with E-state index in [1.807, 2.05) is 13.8 Å². The molecule has 0 unspecified atom stereocenters. The molecule has 1 aliphatic rings. The summed E-state index contributed by atoms with van der Waals surface area (Å²) in [4.78, 5) is 19.1. The van der Waals surface area contributed by atoms with Gasteiger partial charge in [0, 0.05) is 13.2 Å². The van der Waals surface area contributed by atoms with Crippen LogP contribution < -0.4 is 0 Å². The quantitative estimate of drug-likeness (QED) is 0.382. The van der Waals surface area contributed by atoms with Gasteiger partial charge in [-0.25, -0.2) is 22.2 Å². The summed E-state index contributed by atoms with van der Waals surface area (Å²) in [6.45, 7) is 5.15. The fourth-order valence-corrected chi connectivity index (χ4v) is 5.98. The second-order valence-electron chi connectivity index (χ2n) is 9.72. The Morgan fingerprint density at radius 1 is 1.16 bits per heavy atom. The zero-order chi connectivity index (χ0) is 26.6. The molecular formula is C27H31F2N3O4S. The van der Waals surface area contributed by atoms with Crippen molar-refractivity contribution < 1.29 is 26.7 Å². The van der Waals surface area contributed by atoms with E-state index in [1.54, 1.807) is 10.6 Å². The van der Waals surface area contributed by atoms with Crippen molar-refractivity contribution in [2.45, 2.75) is 56.8 Å². The van der Waals surface area contributed by atoms with Gasteiger partial charge in [-0.3, -0.25) is 4.79 Å². The highest BCUT2D eigenvalue weighted by molar-refractivity contribution is 7.90. The molecule has 37 heavy (non-hydrogen) atoms. The number of hydrogen-bond acceptors (Lipinski definition) is 5. The van der Waals surface area contributed by atoms with Crippen LogP contribution in [0.1, 0.15) is 48.3 Å². The summed E-state index contributed by atoms with van der Waals surface area (Å²) in [6, 6.07) is 11.1. The summed E-state index contributed by atoms with van der Waals surface area (Å²) in [5, 5.41) is -0.134. The average Bonchev–Trinajstić information content (AvgIpc) is 3.50. The van der Waals surface area contributed by atoms with Gasteiger partial charge in [-0.15, -0.1) is 0 Å². The summed E-state index contributed by atoms with van der Waals surface area (Å²) in [7, 11) is -3.91. The minimum Gasteiger partial charge on any atom is -0.376 e. The number of rotatable bonds is 10. The summed E-state index contributed by atoms with van der Waals surface area (Å²) in [5.74, 6) is -1.80. The molecule has 1 amide bonds. The van der Waals surface area contributed by atoms with Crippen LogP contribution in [-0.4, -0.2) is 48.0 Å². The zero-order valence-corrected chi connectivity index (χ0v) is 21.8. The van der Waals surface area contributed by atoms with Crippen molar-refractivity contribution >= 4 is 15.7 Å². The Hall–Kier alpha value is -3.11. The lowest BCUT2D eigenvalue weighted by Crippen LogP contribution is -2.35. The highest BCUT2D eigenvalue weighted by Gasteiger charge is 2.29. The molecule has 198 valence electrons. The molecule has 1 aromatic heterocycles. The first kappa shape index (κ1) is 26.9. The summed E-state index contributed by atoms with van der Waals surface area (Å²) >= 11 is 0. The van der Waals surface area contributed by atoms with Crippen LogP contribution in [-0.2, 0) is 33.4 Å². The van der Waals surface area contributed by atoms with Crippen molar-refractivity contribution in [3.63, 3.8) is 0 Å². The molecule has 10 heteroatoms. The largest absolute Gasteiger partial charge is 0.376 e. The number of nitrogens with zero attached hydrogens (tertiary/aromatic N) is 3. The van der Waals surface area contributed by atoms with Crippen LogP contribution in [0.3, 0.4) is 0 Å². The zero-order valence-electron chi connectivity index (χ0n) is 20.9. The number of imidazole rings is 1. The van der Waals surface area contributed by atoms with Gasteiger partial charge in [0.2, 0.25) is 15.0 Å². The van der Waals surface area contributed by atoms with Gasteiger partial charge in [0.25, 0.3) is 5.91 Å². The fourth-order valence-electron chi connectivity index (χ4n) is 4.48. The first-order valence-corrected chi connectivity index (χ1v) is 14.0. The molecule has 4 rings (SSSR count). The third-order valence-electron chi connectivity index (χ3n) is 6.19. The van der Waals surface area contributed by atoms with Gasteiger partial charge in [-0.05, 0) is 48.6 Å². The predicted octanol–water partition coefficient (Wildman–Crippen LogP) is 4.61. The van der Waals surface area contributed by atoms with Gasteiger partial charge in [-0.2, -0.15) is 0 Å². The Morgan fingerprint density at radius 3 is 2.54 bits per heavy atom.